The maximum absolute atomic E-state index is 14.3. The van der Waals surface area contributed by atoms with Crippen molar-refractivity contribution < 1.29 is 19.3 Å². The molecule has 1 saturated heterocycles. The predicted octanol–water partition coefficient (Wildman–Crippen LogP) is 0.524. The summed E-state index contributed by atoms with van der Waals surface area (Å²) in [5, 5.41) is 18.9. The molecule has 2 unspecified atom stereocenters. The SMILES string of the molecule is CC[Si](C#Cc1cn([C@@H]2O[C@H](CO)C(O)C2F)c(=O)[nH]c1=O)(CC)CC. The van der Waals surface area contributed by atoms with Gasteiger partial charge in [0.15, 0.2) is 12.4 Å². The van der Waals surface area contributed by atoms with Gasteiger partial charge in [0.2, 0.25) is 0 Å². The summed E-state index contributed by atoms with van der Waals surface area (Å²) < 4.78 is 20.4. The highest BCUT2D eigenvalue weighted by Gasteiger charge is 2.45. The van der Waals surface area contributed by atoms with E-state index in [2.05, 4.69) is 37.2 Å². The number of aromatic nitrogens is 2. The lowest BCUT2D eigenvalue weighted by Crippen LogP contribution is -2.37. The molecule has 0 saturated carbocycles. The Morgan fingerprint density at radius 1 is 1.31 bits per heavy atom. The molecule has 1 fully saturated rings. The number of hydrogen-bond donors (Lipinski definition) is 3. The normalized spacial score (nSPS) is 25.8. The topological polar surface area (TPSA) is 105 Å². The monoisotopic (exact) mass is 384 g/mol. The third-order valence-corrected chi connectivity index (χ3v) is 9.92. The maximum Gasteiger partial charge on any atom is 0.330 e. The zero-order valence-corrected chi connectivity index (χ0v) is 16.2. The first kappa shape index (κ1) is 20.6. The fourth-order valence-corrected chi connectivity index (χ4v) is 5.49. The molecular formula is C17H25FN2O5Si. The number of aliphatic hydroxyl groups excluding tert-OH is 2. The lowest BCUT2D eigenvalue weighted by atomic mass is 10.1. The van der Waals surface area contributed by atoms with E-state index >= 15 is 0 Å². The van der Waals surface area contributed by atoms with Gasteiger partial charge in [0.1, 0.15) is 25.8 Å². The summed E-state index contributed by atoms with van der Waals surface area (Å²) in [6.07, 6.45) is -4.87. The molecular weight excluding hydrogens is 359 g/mol. The minimum Gasteiger partial charge on any atom is -0.394 e. The van der Waals surface area contributed by atoms with Gasteiger partial charge in [-0.3, -0.25) is 14.3 Å². The Hall–Kier alpha value is -1.73. The molecule has 1 aliphatic rings. The van der Waals surface area contributed by atoms with Gasteiger partial charge in [0, 0.05) is 6.20 Å². The molecule has 4 atom stereocenters. The average Bonchev–Trinajstić information content (AvgIpc) is 2.93. The molecule has 0 aromatic carbocycles. The van der Waals surface area contributed by atoms with Crippen molar-refractivity contribution >= 4 is 8.07 Å². The Balaban J connectivity index is 2.46. The molecule has 144 valence electrons. The van der Waals surface area contributed by atoms with Crippen LogP contribution in [0.4, 0.5) is 4.39 Å². The van der Waals surface area contributed by atoms with E-state index in [1.165, 1.54) is 0 Å². The summed E-state index contributed by atoms with van der Waals surface area (Å²) in [6.45, 7) is 5.65. The van der Waals surface area contributed by atoms with Gasteiger partial charge >= 0.3 is 5.69 Å². The third kappa shape index (κ3) is 3.83. The Bertz CT molecular complexity index is 800. The van der Waals surface area contributed by atoms with Crippen LogP contribution in [-0.4, -0.2) is 52.8 Å². The van der Waals surface area contributed by atoms with Crippen molar-refractivity contribution in [3.63, 3.8) is 0 Å². The molecule has 26 heavy (non-hydrogen) atoms. The fraction of sp³-hybridized carbons (Fsp3) is 0.647. The molecule has 1 aromatic heterocycles. The number of aromatic amines is 1. The fourth-order valence-electron chi connectivity index (χ4n) is 3.06. The Kier molecular flexibility index (Phi) is 6.57. The van der Waals surface area contributed by atoms with E-state index in [1.54, 1.807) is 0 Å². The lowest BCUT2D eigenvalue weighted by molar-refractivity contribution is -0.0491. The molecule has 2 heterocycles. The van der Waals surface area contributed by atoms with Crippen molar-refractivity contribution in [3.8, 4) is 11.5 Å². The first-order valence-corrected chi connectivity index (χ1v) is 11.4. The van der Waals surface area contributed by atoms with Crippen LogP contribution in [0.2, 0.25) is 18.1 Å². The average molecular weight is 384 g/mol. The molecule has 3 N–H and O–H groups in total. The zero-order valence-electron chi connectivity index (χ0n) is 15.2. The van der Waals surface area contributed by atoms with E-state index in [-0.39, 0.29) is 5.56 Å². The Morgan fingerprint density at radius 2 is 1.92 bits per heavy atom. The minimum absolute atomic E-state index is 0.0505. The van der Waals surface area contributed by atoms with Crippen molar-refractivity contribution in [2.75, 3.05) is 6.61 Å². The molecule has 0 radical (unpaired) electrons. The summed E-state index contributed by atoms with van der Waals surface area (Å²) in [6, 6.07) is 2.85. The number of aliphatic hydroxyl groups is 2. The van der Waals surface area contributed by atoms with Crippen molar-refractivity contribution in [3.05, 3.63) is 32.6 Å². The standard InChI is InChI=1S/C17H25FN2O5Si/c1-4-26(5-2,6-3)8-7-11-9-20(17(24)19-15(11)23)16-13(18)14(22)12(10-21)25-16/h9,12-14,16,21-22H,4-6,10H2,1-3H3,(H,19,23,24)/t12-,13?,14?,16-/m1/s1. The first-order valence-electron chi connectivity index (χ1n) is 8.79. The summed E-state index contributed by atoms with van der Waals surface area (Å²) in [4.78, 5) is 26.3. The predicted molar refractivity (Wildman–Crippen MR) is 97.3 cm³/mol. The number of halogens is 1. The van der Waals surface area contributed by atoms with Crippen LogP contribution in [0.3, 0.4) is 0 Å². The second kappa shape index (κ2) is 8.31. The summed E-state index contributed by atoms with van der Waals surface area (Å²) in [5.74, 6) is 2.87. The molecule has 2 rings (SSSR count). The van der Waals surface area contributed by atoms with E-state index in [4.69, 9.17) is 9.84 Å². The van der Waals surface area contributed by atoms with Gasteiger partial charge in [-0.05, 0) is 18.1 Å². The van der Waals surface area contributed by atoms with Gasteiger partial charge in [-0.1, -0.05) is 26.7 Å². The summed E-state index contributed by atoms with van der Waals surface area (Å²) >= 11 is 0. The van der Waals surface area contributed by atoms with Crippen LogP contribution in [0, 0.1) is 11.5 Å². The molecule has 0 amide bonds. The highest BCUT2D eigenvalue weighted by Crippen LogP contribution is 2.30. The molecule has 0 spiro atoms. The quantitative estimate of drug-likeness (QED) is 0.507. The van der Waals surface area contributed by atoms with Crippen LogP contribution >= 0.6 is 0 Å². The van der Waals surface area contributed by atoms with Crippen molar-refractivity contribution in [1.29, 1.82) is 0 Å². The summed E-state index contributed by atoms with van der Waals surface area (Å²) in [7, 11) is -1.81. The van der Waals surface area contributed by atoms with Gasteiger partial charge < -0.3 is 14.9 Å². The van der Waals surface area contributed by atoms with Crippen molar-refractivity contribution in [1.82, 2.24) is 9.55 Å². The summed E-state index contributed by atoms with van der Waals surface area (Å²) in [5.41, 5.74) is 1.80. The van der Waals surface area contributed by atoms with Crippen LogP contribution in [-0.2, 0) is 4.74 Å². The van der Waals surface area contributed by atoms with Crippen LogP contribution in [0.5, 0.6) is 0 Å². The second-order valence-electron chi connectivity index (χ2n) is 6.48. The number of ether oxygens (including phenoxy) is 1. The minimum atomic E-state index is -1.91. The number of rotatable bonds is 5. The number of nitrogens with one attached hydrogen (secondary N) is 1. The van der Waals surface area contributed by atoms with Gasteiger partial charge in [-0.15, -0.1) is 5.54 Å². The van der Waals surface area contributed by atoms with Crippen molar-refractivity contribution in [2.24, 2.45) is 0 Å². The number of alkyl halides is 1. The highest BCUT2D eigenvalue weighted by atomic mass is 28.3. The lowest BCUT2D eigenvalue weighted by Gasteiger charge is -2.20. The third-order valence-electron chi connectivity index (χ3n) is 5.21. The maximum atomic E-state index is 14.3. The number of nitrogens with zero attached hydrogens (tertiary/aromatic N) is 1. The van der Waals surface area contributed by atoms with Gasteiger partial charge in [0.05, 0.1) is 6.61 Å². The van der Waals surface area contributed by atoms with E-state index in [9.17, 15) is 19.1 Å². The molecule has 0 bridgehead atoms. The van der Waals surface area contributed by atoms with Crippen LogP contribution < -0.4 is 11.2 Å². The molecule has 1 aromatic rings. The van der Waals surface area contributed by atoms with E-state index in [1.807, 2.05) is 0 Å². The largest absolute Gasteiger partial charge is 0.394 e. The zero-order chi connectivity index (χ0) is 19.5. The Labute approximate surface area is 151 Å². The van der Waals surface area contributed by atoms with Gasteiger partial charge in [0.25, 0.3) is 5.56 Å². The van der Waals surface area contributed by atoms with E-state index in [0.29, 0.717) is 0 Å². The molecule has 9 heteroatoms. The first-order chi connectivity index (χ1) is 12.3. The van der Waals surface area contributed by atoms with Crippen LogP contribution in [0.15, 0.2) is 15.8 Å². The van der Waals surface area contributed by atoms with E-state index < -0.39 is 50.5 Å². The highest BCUT2D eigenvalue weighted by molar-refractivity contribution is 6.87. The number of H-pyrrole nitrogens is 1. The molecule has 0 aliphatic carbocycles. The molecule has 1 aliphatic heterocycles. The van der Waals surface area contributed by atoms with Crippen LogP contribution in [0.25, 0.3) is 0 Å². The molecule has 7 nitrogen and oxygen atoms in total. The second-order valence-corrected chi connectivity index (χ2v) is 11.4. The van der Waals surface area contributed by atoms with Crippen molar-refractivity contribution in [2.45, 2.75) is 63.5 Å². The van der Waals surface area contributed by atoms with E-state index in [0.717, 1.165) is 28.9 Å². The van der Waals surface area contributed by atoms with Gasteiger partial charge in [-0.2, -0.15) is 0 Å². The van der Waals surface area contributed by atoms with Gasteiger partial charge in [-0.25, -0.2) is 9.18 Å². The smallest absolute Gasteiger partial charge is 0.330 e. The van der Waals surface area contributed by atoms with Crippen LogP contribution in [0.1, 0.15) is 32.6 Å². The number of hydrogen-bond acceptors (Lipinski definition) is 5. The Morgan fingerprint density at radius 3 is 2.42 bits per heavy atom.